The Balaban J connectivity index is 3.25. The lowest BCUT2D eigenvalue weighted by Gasteiger charge is -2.06. The van der Waals surface area contributed by atoms with Crippen LogP contribution in [0.4, 0.5) is 0 Å². The van der Waals surface area contributed by atoms with Crippen molar-refractivity contribution < 1.29 is 19.4 Å². The quantitative estimate of drug-likeness (QED) is 0.0893. The maximum Gasteiger partial charge on any atom is 0.305 e. The molecule has 0 saturated heterocycles. The van der Waals surface area contributed by atoms with Crippen molar-refractivity contribution in [3.63, 3.8) is 0 Å². The molecule has 0 amide bonds. The molecule has 0 saturated carbocycles. The highest BCUT2D eigenvalue weighted by atomic mass is 16.5. The Morgan fingerprint density at radius 2 is 0.882 bits per heavy atom. The highest BCUT2D eigenvalue weighted by Gasteiger charge is 2.04. The highest BCUT2D eigenvalue weighted by Crippen LogP contribution is 2.13. The number of carbonyl (C=O) groups is 2. The van der Waals surface area contributed by atoms with Crippen LogP contribution in [0.2, 0.25) is 0 Å². The van der Waals surface area contributed by atoms with Gasteiger partial charge in [-0.3, -0.25) is 9.59 Å². The number of ether oxygens (including phenoxy) is 1. The molecule has 0 rings (SSSR count). The lowest BCUT2D eigenvalue weighted by atomic mass is 10.0. The van der Waals surface area contributed by atoms with Gasteiger partial charge in [0, 0.05) is 25.9 Å². The van der Waals surface area contributed by atoms with Gasteiger partial charge in [-0.05, 0) is 32.1 Å². The SMILES string of the molecule is CCCCCCCCCCCCCC(=O)OCCCCCCCC(=O)CCCCCCCCO. The number of ketones is 1. The molecule has 0 aliphatic heterocycles. The van der Waals surface area contributed by atoms with Crippen LogP contribution in [0.1, 0.15) is 167 Å². The third-order valence-electron chi connectivity index (χ3n) is 6.71. The molecular weight excluding hydrogens is 424 g/mol. The first-order valence-corrected chi connectivity index (χ1v) is 15.0. The standard InChI is InChI=1S/C30H58O4/c1-2-3-4-5-6-7-8-9-10-16-21-26-30(33)34-28-23-18-13-15-20-25-29(32)24-19-14-11-12-17-22-27-31/h31H,2-28H2,1H3. The zero-order valence-corrected chi connectivity index (χ0v) is 22.8. The Labute approximate surface area is 212 Å². The minimum Gasteiger partial charge on any atom is -0.466 e. The average molecular weight is 483 g/mol. The van der Waals surface area contributed by atoms with Crippen molar-refractivity contribution in [3.8, 4) is 0 Å². The molecule has 0 fully saturated rings. The lowest BCUT2D eigenvalue weighted by Crippen LogP contribution is -2.05. The van der Waals surface area contributed by atoms with Crippen LogP contribution < -0.4 is 0 Å². The number of aliphatic hydroxyl groups excluding tert-OH is 1. The number of esters is 1. The molecule has 4 heteroatoms. The van der Waals surface area contributed by atoms with Crippen molar-refractivity contribution in [2.75, 3.05) is 13.2 Å². The second kappa shape index (κ2) is 28.3. The Hall–Kier alpha value is -0.900. The van der Waals surface area contributed by atoms with Crippen molar-refractivity contribution in [3.05, 3.63) is 0 Å². The molecule has 0 aromatic heterocycles. The van der Waals surface area contributed by atoms with Gasteiger partial charge in [0.05, 0.1) is 6.61 Å². The van der Waals surface area contributed by atoms with Crippen molar-refractivity contribution in [1.82, 2.24) is 0 Å². The van der Waals surface area contributed by atoms with E-state index < -0.39 is 0 Å². The molecule has 0 unspecified atom stereocenters. The van der Waals surface area contributed by atoms with Gasteiger partial charge in [0.1, 0.15) is 5.78 Å². The molecule has 34 heavy (non-hydrogen) atoms. The Morgan fingerprint density at radius 1 is 0.500 bits per heavy atom. The molecular formula is C30H58O4. The normalized spacial score (nSPS) is 11.1. The molecule has 4 nitrogen and oxygen atoms in total. The minimum absolute atomic E-state index is 0.0325. The van der Waals surface area contributed by atoms with Gasteiger partial charge in [-0.25, -0.2) is 0 Å². The molecule has 202 valence electrons. The molecule has 1 N–H and O–H groups in total. The summed E-state index contributed by atoms with van der Waals surface area (Å²) >= 11 is 0. The third kappa shape index (κ3) is 27.3. The summed E-state index contributed by atoms with van der Waals surface area (Å²) in [6, 6.07) is 0. The average Bonchev–Trinajstić information content (AvgIpc) is 2.83. The fourth-order valence-electron chi connectivity index (χ4n) is 4.41. The summed E-state index contributed by atoms with van der Waals surface area (Å²) in [5, 5.41) is 8.74. The first kappa shape index (κ1) is 33.1. The van der Waals surface area contributed by atoms with Gasteiger partial charge in [0.25, 0.3) is 0 Å². The van der Waals surface area contributed by atoms with Crippen LogP contribution in [0.25, 0.3) is 0 Å². The van der Waals surface area contributed by atoms with Crippen LogP contribution in [-0.2, 0) is 14.3 Å². The van der Waals surface area contributed by atoms with E-state index in [0.717, 1.165) is 83.5 Å². The number of aliphatic hydroxyl groups is 1. The molecule has 0 aliphatic rings. The molecule has 0 atom stereocenters. The van der Waals surface area contributed by atoms with Gasteiger partial charge in [0.2, 0.25) is 0 Å². The summed E-state index contributed by atoms with van der Waals surface area (Å²) in [7, 11) is 0. The lowest BCUT2D eigenvalue weighted by molar-refractivity contribution is -0.143. The van der Waals surface area contributed by atoms with Crippen LogP contribution in [0.5, 0.6) is 0 Å². The summed E-state index contributed by atoms with van der Waals surface area (Å²) < 4.78 is 5.36. The molecule has 0 heterocycles. The van der Waals surface area contributed by atoms with Gasteiger partial charge in [-0.2, -0.15) is 0 Å². The molecule has 0 spiro atoms. The first-order chi connectivity index (χ1) is 16.7. The number of hydrogen-bond acceptors (Lipinski definition) is 4. The van der Waals surface area contributed by atoms with Crippen molar-refractivity contribution in [1.29, 1.82) is 0 Å². The molecule has 0 bridgehead atoms. The molecule has 0 radical (unpaired) electrons. The minimum atomic E-state index is -0.0325. The summed E-state index contributed by atoms with van der Waals surface area (Å²) in [6.07, 6.45) is 28.0. The zero-order chi connectivity index (χ0) is 25.0. The van der Waals surface area contributed by atoms with Crippen LogP contribution in [0.3, 0.4) is 0 Å². The molecule has 0 aliphatic carbocycles. The van der Waals surface area contributed by atoms with Crippen LogP contribution in [0, 0.1) is 0 Å². The van der Waals surface area contributed by atoms with Gasteiger partial charge in [0.15, 0.2) is 0 Å². The topological polar surface area (TPSA) is 63.6 Å². The number of carbonyl (C=O) groups excluding carboxylic acids is 2. The number of Topliss-reactive ketones (excluding diaryl/α,β-unsaturated/α-hetero) is 1. The Morgan fingerprint density at radius 3 is 1.35 bits per heavy atom. The molecule has 0 aromatic carbocycles. The van der Waals surface area contributed by atoms with E-state index in [9.17, 15) is 9.59 Å². The second-order valence-electron chi connectivity index (χ2n) is 10.2. The van der Waals surface area contributed by atoms with Crippen LogP contribution >= 0.6 is 0 Å². The predicted octanol–water partition coefficient (Wildman–Crippen LogP) is 8.86. The van der Waals surface area contributed by atoms with Crippen molar-refractivity contribution in [2.45, 2.75) is 167 Å². The van der Waals surface area contributed by atoms with Gasteiger partial charge in [-0.15, -0.1) is 0 Å². The predicted molar refractivity (Wildman–Crippen MR) is 144 cm³/mol. The van der Waals surface area contributed by atoms with E-state index in [-0.39, 0.29) is 5.97 Å². The van der Waals surface area contributed by atoms with Crippen LogP contribution in [-0.4, -0.2) is 30.1 Å². The smallest absolute Gasteiger partial charge is 0.305 e. The third-order valence-corrected chi connectivity index (χ3v) is 6.71. The highest BCUT2D eigenvalue weighted by molar-refractivity contribution is 5.78. The van der Waals surface area contributed by atoms with E-state index in [2.05, 4.69) is 6.92 Å². The van der Waals surface area contributed by atoms with E-state index in [4.69, 9.17) is 9.84 Å². The van der Waals surface area contributed by atoms with Gasteiger partial charge in [-0.1, -0.05) is 116 Å². The van der Waals surface area contributed by atoms with E-state index in [0.29, 0.717) is 25.4 Å². The first-order valence-electron chi connectivity index (χ1n) is 15.0. The van der Waals surface area contributed by atoms with Gasteiger partial charge >= 0.3 is 5.97 Å². The summed E-state index contributed by atoms with van der Waals surface area (Å²) in [5.41, 5.74) is 0. The van der Waals surface area contributed by atoms with Crippen molar-refractivity contribution >= 4 is 11.8 Å². The Bertz CT molecular complexity index is 436. The largest absolute Gasteiger partial charge is 0.466 e. The maximum atomic E-state index is 11.9. The Kier molecular flexibility index (Phi) is 27.6. The fraction of sp³-hybridized carbons (Fsp3) is 0.933. The van der Waals surface area contributed by atoms with Gasteiger partial charge < -0.3 is 9.84 Å². The summed E-state index contributed by atoms with van der Waals surface area (Å²) in [4.78, 5) is 23.7. The summed E-state index contributed by atoms with van der Waals surface area (Å²) in [5.74, 6) is 0.376. The summed E-state index contributed by atoms with van der Waals surface area (Å²) in [6.45, 7) is 3.11. The van der Waals surface area contributed by atoms with E-state index >= 15 is 0 Å². The number of hydrogen-bond donors (Lipinski definition) is 1. The zero-order valence-electron chi connectivity index (χ0n) is 22.8. The van der Waals surface area contributed by atoms with Crippen LogP contribution in [0.15, 0.2) is 0 Å². The second-order valence-corrected chi connectivity index (χ2v) is 10.2. The van der Waals surface area contributed by atoms with E-state index in [1.54, 1.807) is 0 Å². The number of rotatable bonds is 28. The number of unbranched alkanes of at least 4 members (excludes halogenated alkanes) is 19. The monoisotopic (exact) mass is 482 g/mol. The van der Waals surface area contributed by atoms with E-state index in [1.165, 1.54) is 70.6 Å². The molecule has 0 aromatic rings. The van der Waals surface area contributed by atoms with Crippen molar-refractivity contribution in [2.24, 2.45) is 0 Å². The van der Waals surface area contributed by atoms with E-state index in [1.807, 2.05) is 0 Å². The fourth-order valence-corrected chi connectivity index (χ4v) is 4.41. The maximum absolute atomic E-state index is 11.9.